The summed E-state index contributed by atoms with van der Waals surface area (Å²) in [7, 11) is 1.93. The number of fused-ring (bicyclic) bond motifs is 1. The van der Waals surface area contributed by atoms with Crippen molar-refractivity contribution >= 4 is 17.7 Å². The molecule has 1 aromatic heterocycles. The molecule has 0 aliphatic carbocycles. The lowest BCUT2D eigenvalue weighted by atomic mass is 9.89. The van der Waals surface area contributed by atoms with E-state index in [-0.39, 0.29) is 35.7 Å². The van der Waals surface area contributed by atoms with Gasteiger partial charge in [-0.15, -0.1) is 5.10 Å². The van der Waals surface area contributed by atoms with Crippen molar-refractivity contribution in [3.63, 3.8) is 0 Å². The van der Waals surface area contributed by atoms with Crippen LogP contribution in [-0.2, 0) is 29.8 Å². The quantitative estimate of drug-likeness (QED) is 0.241. The average molecular weight is 708 g/mol. The second kappa shape index (κ2) is 13.3. The predicted octanol–water partition coefficient (Wildman–Crippen LogP) is 7.89. The number of piperidine rings is 1. The minimum atomic E-state index is -5.14. The number of nitrogens with zero attached hydrogens (tertiary/aromatic N) is 7. The molecule has 1 fully saturated rings. The number of hydrogen-bond donors (Lipinski definition) is 0. The van der Waals surface area contributed by atoms with Crippen LogP contribution in [0.1, 0.15) is 79.9 Å². The van der Waals surface area contributed by atoms with Crippen LogP contribution in [0.15, 0.2) is 36.4 Å². The molecule has 2 aliphatic heterocycles. The van der Waals surface area contributed by atoms with Crippen LogP contribution in [0.3, 0.4) is 0 Å². The Kier molecular flexibility index (Phi) is 9.84. The van der Waals surface area contributed by atoms with Crippen molar-refractivity contribution < 1.29 is 49.0 Å². The maximum Gasteiger partial charge on any atom is 0.416 e. The average Bonchev–Trinajstić information content (AvgIpc) is 3.48. The van der Waals surface area contributed by atoms with Gasteiger partial charge in [-0.25, -0.2) is 4.79 Å². The Morgan fingerprint density at radius 1 is 0.918 bits per heavy atom. The van der Waals surface area contributed by atoms with E-state index in [2.05, 4.69) is 20.3 Å². The third-order valence-corrected chi connectivity index (χ3v) is 8.58. The fraction of sp³-hybridized carbons (Fsp3) is 0.548. The molecule has 5 rings (SSSR count). The van der Waals surface area contributed by atoms with Crippen molar-refractivity contribution in [2.45, 2.75) is 89.3 Å². The van der Waals surface area contributed by atoms with E-state index < -0.39 is 71.6 Å². The molecule has 0 saturated carbocycles. The third kappa shape index (κ3) is 8.05. The van der Waals surface area contributed by atoms with Crippen LogP contribution in [0.4, 0.5) is 55.9 Å². The van der Waals surface area contributed by atoms with Crippen LogP contribution in [0.25, 0.3) is 0 Å². The van der Waals surface area contributed by atoms with Gasteiger partial charge in [-0.05, 0) is 113 Å². The molecule has 268 valence electrons. The minimum Gasteiger partial charge on any atom is -0.446 e. The molecule has 0 bridgehead atoms. The van der Waals surface area contributed by atoms with Gasteiger partial charge >= 0.3 is 24.6 Å². The Morgan fingerprint density at radius 3 is 2.06 bits per heavy atom. The van der Waals surface area contributed by atoms with E-state index in [0.717, 1.165) is 18.2 Å². The number of aromatic nitrogens is 4. The summed E-state index contributed by atoms with van der Waals surface area (Å²) in [4.78, 5) is 19.0. The second-order valence-corrected chi connectivity index (χ2v) is 12.7. The zero-order valence-corrected chi connectivity index (χ0v) is 26.9. The number of rotatable bonds is 6. The zero-order valence-electron chi connectivity index (χ0n) is 26.9. The normalized spacial score (nSPS) is 19.7. The molecule has 18 heteroatoms. The summed E-state index contributed by atoms with van der Waals surface area (Å²) >= 11 is 0. The van der Waals surface area contributed by atoms with Crippen LogP contribution >= 0.6 is 0 Å². The Labute approximate surface area is 275 Å². The monoisotopic (exact) mass is 707 g/mol. The van der Waals surface area contributed by atoms with Crippen molar-refractivity contribution in [3.8, 4) is 0 Å². The molecule has 0 unspecified atom stereocenters. The molecular weight excluding hydrogens is 673 g/mol. The fourth-order valence-corrected chi connectivity index (χ4v) is 6.18. The van der Waals surface area contributed by atoms with Crippen molar-refractivity contribution in [2.75, 3.05) is 29.9 Å². The van der Waals surface area contributed by atoms with Gasteiger partial charge in [0.15, 0.2) is 0 Å². The molecule has 9 nitrogen and oxygen atoms in total. The highest BCUT2D eigenvalue weighted by Gasteiger charge is 2.42. The summed E-state index contributed by atoms with van der Waals surface area (Å²) in [6.45, 7) is 5.51. The van der Waals surface area contributed by atoms with E-state index in [1.165, 1.54) is 14.6 Å². The highest BCUT2D eigenvalue weighted by molar-refractivity contribution is 5.90. The number of hydrogen-bond acceptors (Lipinski definition) is 7. The predicted molar refractivity (Wildman–Crippen MR) is 159 cm³/mol. The standard InChI is InChI=1S/C31H34F9N7O2/c1-17(2)49-28(48)46-18(3)11-26(24-15-20(29(32,33)34)5-6-25(24)46)45(27-41-43-47(42-27)23-7-9-44(4)10-8-23)16-19-12-21(30(35,36)37)14-22(13-19)31(38,39)40/h5-6,12-15,17-18,23,26H,7-11,16H2,1-4H3/t18-,26+/m1/s1. The van der Waals surface area contributed by atoms with Crippen molar-refractivity contribution in [3.05, 3.63) is 64.2 Å². The number of benzene rings is 2. The molecule has 1 saturated heterocycles. The van der Waals surface area contributed by atoms with Gasteiger partial charge < -0.3 is 14.5 Å². The van der Waals surface area contributed by atoms with Gasteiger partial charge in [-0.2, -0.15) is 44.3 Å². The molecule has 2 aliphatic rings. The molecule has 0 radical (unpaired) electrons. The van der Waals surface area contributed by atoms with E-state index >= 15 is 0 Å². The van der Waals surface area contributed by atoms with Crippen LogP contribution in [-0.4, -0.2) is 63.5 Å². The molecule has 49 heavy (non-hydrogen) atoms. The topological polar surface area (TPSA) is 79.6 Å². The fourth-order valence-electron chi connectivity index (χ4n) is 6.18. The molecule has 0 spiro atoms. The first-order valence-electron chi connectivity index (χ1n) is 15.5. The number of anilines is 2. The molecule has 0 N–H and O–H groups in total. The summed E-state index contributed by atoms with van der Waals surface area (Å²) in [6.07, 6.45) is -15.4. The third-order valence-electron chi connectivity index (χ3n) is 8.58. The first-order chi connectivity index (χ1) is 22.7. The summed E-state index contributed by atoms with van der Waals surface area (Å²) in [5, 5.41) is 12.7. The second-order valence-electron chi connectivity index (χ2n) is 12.7. The van der Waals surface area contributed by atoms with Gasteiger partial charge in [0.2, 0.25) is 0 Å². The maximum absolute atomic E-state index is 14.0. The lowest BCUT2D eigenvalue weighted by Gasteiger charge is -2.43. The van der Waals surface area contributed by atoms with Gasteiger partial charge in [0.25, 0.3) is 5.95 Å². The minimum absolute atomic E-state index is 0.00569. The highest BCUT2D eigenvalue weighted by Crippen LogP contribution is 2.45. The summed E-state index contributed by atoms with van der Waals surface area (Å²) < 4.78 is 130. The number of carbonyl (C=O) groups excluding carboxylic acids is 1. The van der Waals surface area contributed by atoms with Gasteiger partial charge in [0, 0.05) is 12.6 Å². The van der Waals surface area contributed by atoms with Crippen molar-refractivity contribution in [1.82, 2.24) is 25.1 Å². The molecule has 1 amide bonds. The van der Waals surface area contributed by atoms with E-state index in [0.29, 0.717) is 38.1 Å². The molecule has 2 aromatic carbocycles. The number of ether oxygens (including phenoxy) is 1. The lowest BCUT2D eigenvalue weighted by molar-refractivity contribution is -0.143. The van der Waals surface area contributed by atoms with Crippen molar-refractivity contribution in [2.24, 2.45) is 0 Å². The number of carbonyl (C=O) groups is 1. The Bertz CT molecular complexity index is 1610. The Balaban J connectivity index is 1.67. The number of tetrazole rings is 1. The van der Waals surface area contributed by atoms with E-state index in [1.807, 2.05) is 7.05 Å². The Hall–Kier alpha value is -4.09. The van der Waals surface area contributed by atoms with Gasteiger partial charge in [-0.1, -0.05) is 5.10 Å². The first-order valence-corrected chi connectivity index (χ1v) is 15.5. The van der Waals surface area contributed by atoms with E-state index in [9.17, 15) is 44.3 Å². The van der Waals surface area contributed by atoms with Gasteiger partial charge in [-0.3, -0.25) is 4.90 Å². The van der Waals surface area contributed by atoms with Crippen LogP contribution < -0.4 is 9.80 Å². The molecule has 3 aromatic rings. The van der Waals surface area contributed by atoms with E-state index in [4.69, 9.17) is 4.74 Å². The summed E-state index contributed by atoms with van der Waals surface area (Å²) in [6, 6.07) is 1.65. The number of likely N-dealkylation sites (tertiary alicyclic amines) is 1. The summed E-state index contributed by atoms with van der Waals surface area (Å²) in [5.74, 6) is -0.219. The number of amides is 1. The molecule has 2 atom stereocenters. The van der Waals surface area contributed by atoms with Crippen LogP contribution in [0.5, 0.6) is 0 Å². The molecule has 3 heterocycles. The smallest absolute Gasteiger partial charge is 0.416 e. The van der Waals surface area contributed by atoms with Crippen LogP contribution in [0.2, 0.25) is 0 Å². The first kappa shape index (κ1) is 36.2. The zero-order chi connectivity index (χ0) is 36.1. The molecular formula is C31H34F9N7O2. The largest absolute Gasteiger partial charge is 0.446 e. The van der Waals surface area contributed by atoms with Gasteiger partial charge in [0.1, 0.15) is 0 Å². The number of alkyl halides is 9. The lowest BCUT2D eigenvalue weighted by Crippen LogP contribution is -2.47. The van der Waals surface area contributed by atoms with E-state index in [1.54, 1.807) is 20.8 Å². The summed E-state index contributed by atoms with van der Waals surface area (Å²) in [5.41, 5.74) is -4.69. The van der Waals surface area contributed by atoms with Crippen molar-refractivity contribution in [1.29, 1.82) is 0 Å². The van der Waals surface area contributed by atoms with Crippen LogP contribution in [0, 0.1) is 0 Å². The maximum atomic E-state index is 14.0. The highest BCUT2D eigenvalue weighted by atomic mass is 19.4. The van der Waals surface area contributed by atoms with Gasteiger partial charge in [0.05, 0.1) is 40.6 Å². The SMILES string of the molecule is CC(C)OC(=O)N1c2ccc(C(F)(F)F)cc2[C@@H](N(Cc2cc(C(F)(F)F)cc(C(F)(F)F)c2)c2nnn(C3CCN(C)CC3)n2)C[C@H]1C. The number of halogens is 9. The Morgan fingerprint density at radius 2 is 1.51 bits per heavy atom.